The summed E-state index contributed by atoms with van der Waals surface area (Å²) in [6, 6.07) is 0. The van der Waals surface area contributed by atoms with Gasteiger partial charge in [0.15, 0.2) is 5.69 Å². The molecule has 0 spiro atoms. The molecule has 1 saturated carbocycles. The van der Waals surface area contributed by atoms with Crippen molar-refractivity contribution in [2.45, 2.75) is 37.8 Å². The van der Waals surface area contributed by atoms with Gasteiger partial charge >= 0.3 is 0 Å². The Morgan fingerprint density at radius 1 is 1.46 bits per heavy atom. The van der Waals surface area contributed by atoms with Crippen molar-refractivity contribution in [3.05, 3.63) is 26.6 Å². The van der Waals surface area contributed by atoms with Crippen LogP contribution < -0.4 is 16.2 Å². The van der Waals surface area contributed by atoms with Gasteiger partial charge in [-0.15, -0.1) is 5.10 Å². The minimum atomic E-state index is -1.17. The Bertz CT molecular complexity index is 720. The number of halogens is 2. The van der Waals surface area contributed by atoms with Crippen LogP contribution in [-0.2, 0) is 0 Å². The molecule has 2 unspecified atom stereocenters. The number of rotatable bonds is 3. The average molecular weight is 357 g/mol. The van der Waals surface area contributed by atoms with Crippen LogP contribution in [0.25, 0.3) is 0 Å². The van der Waals surface area contributed by atoms with Crippen LogP contribution in [0, 0.1) is 0 Å². The first-order valence-corrected chi connectivity index (χ1v) is 7.82. The first-order chi connectivity index (χ1) is 11.5. The Kier molecular flexibility index (Phi) is 6.02. The second-order valence-electron chi connectivity index (χ2n) is 5.33. The highest BCUT2D eigenvalue weighted by Gasteiger charge is 2.32. The number of guanidine groups is 1. The number of alkyl halides is 1. The number of aromatic nitrogens is 2. The fourth-order valence-corrected chi connectivity index (χ4v) is 3.06. The largest absolute Gasteiger partial charge is 0.358 e. The molecule has 0 aliphatic heterocycles. The summed E-state index contributed by atoms with van der Waals surface area (Å²) in [7, 11) is 1.52. The van der Waals surface area contributed by atoms with E-state index in [4.69, 9.17) is 11.6 Å². The SMILES string of the molecule is C=N/N=C(\NC)NC(=O)c1n[nH]c(=O)c(C2CCCCC2F)c1Cl. The van der Waals surface area contributed by atoms with Crippen LogP contribution in [0.2, 0.25) is 5.02 Å². The summed E-state index contributed by atoms with van der Waals surface area (Å²) >= 11 is 6.21. The average Bonchev–Trinajstić information content (AvgIpc) is 2.56. The number of hydrogen-bond acceptors (Lipinski definition) is 5. The molecule has 2 rings (SSSR count). The van der Waals surface area contributed by atoms with Crippen molar-refractivity contribution >= 4 is 30.2 Å². The summed E-state index contributed by atoms with van der Waals surface area (Å²) in [5.74, 6) is -1.32. The summed E-state index contributed by atoms with van der Waals surface area (Å²) in [4.78, 5) is 24.4. The van der Waals surface area contributed by atoms with Gasteiger partial charge in [0.05, 0.1) is 5.02 Å². The molecular weight excluding hydrogens is 339 g/mol. The molecule has 0 saturated heterocycles. The lowest BCUT2D eigenvalue weighted by Crippen LogP contribution is -2.40. The van der Waals surface area contributed by atoms with Crippen LogP contribution in [0.3, 0.4) is 0 Å². The van der Waals surface area contributed by atoms with Crippen LogP contribution in [0.15, 0.2) is 15.0 Å². The van der Waals surface area contributed by atoms with E-state index in [1.807, 2.05) is 0 Å². The molecule has 1 aliphatic rings. The van der Waals surface area contributed by atoms with Gasteiger partial charge in [-0.2, -0.15) is 10.2 Å². The van der Waals surface area contributed by atoms with E-state index in [2.05, 4.69) is 37.8 Å². The van der Waals surface area contributed by atoms with E-state index < -0.39 is 23.6 Å². The minimum Gasteiger partial charge on any atom is -0.358 e. The van der Waals surface area contributed by atoms with E-state index >= 15 is 0 Å². The monoisotopic (exact) mass is 356 g/mol. The third-order valence-corrected chi connectivity index (χ3v) is 4.25. The van der Waals surface area contributed by atoms with Crippen molar-refractivity contribution in [1.82, 2.24) is 20.8 Å². The predicted octanol–water partition coefficient (Wildman–Crippen LogP) is 1.34. The lowest BCUT2D eigenvalue weighted by atomic mass is 9.83. The molecule has 2 atom stereocenters. The molecule has 1 aromatic rings. The normalized spacial score (nSPS) is 21.2. The molecule has 0 aromatic carbocycles. The maximum absolute atomic E-state index is 14.2. The van der Waals surface area contributed by atoms with Gasteiger partial charge in [0.2, 0.25) is 5.96 Å². The number of aromatic amines is 1. The summed E-state index contributed by atoms with van der Waals surface area (Å²) in [6.45, 7) is 3.18. The van der Waals surface area contributed by atoms with E-state index in [9.17, 15) is 14.0 Å². The Labute approximate surface area is 142 Å². The molecule has 24 heavy (non-hydrogen) atoms. The van der Waals surface area contributed by atoms with Gasteiger partial charge in [-0.25, -0.2) is 9.49 Å². The highest BCUT2D eigenvalue weighted by atomic mass is 35.5. The Morgan fingerprint density at radius 3 is 2.79 bits per heavy atom. The third-order valence-electron chi connectivity index (χ3n) is 3.87. The van der Waals surface area contributed by atoms with Gasteiger partial charge in [0.1, 0.15) is 6.17 Å². The van der Waals surface area contributed by atoms with Crippen molar-refractivity contribution < 1.29 is 9.18 Å². The number of nitrogens with zero attached hydrogens (tertiary/aromatic N) is 3. The molecule has 3 N–H and O–H groups in total. The van der Waals surface area contributed by atoms with Gasteiger partial charge in [-0.05, 0) is 12.8 Å². The van der Waals surface area contributed by atoms with Crippen molar-refractivity contribution in [3.8, 4) is 0 Å². The fraction of sp³-hybridized carbons (Fsp3) is 0.500. The molecule has 1 aromatic heterocycles. The molecule has 1 heterocycles. The topological polar surface area (TPSA) is 112 Å². The van der Waals surface area contributed by atoms with Crippen molar-refractivity contribution in [1.29, 1.82) is 0 Å². The van der Waals surface area contributed by atoms with E-state index in [0.29, 0.717) is 12.8 Å². The van der Waals surface area contributed by atoms with Gasteiger partial charge < -0.3 is 5.32 Å². The van der Waals surface area contributed by atoms with Crippen molar-refractivity contribution in [2.75, 3.05) is 7.05 Å². The van der Waals surface area contributed by atoms with Gasteiger partial charge in [0, 0.05) is 25.2 Å². The molecule has 0 radical (unpaired) electrons. The van der Waals surface area contributed by atoms with Gasteiger partial charge in [-0.1, -0.05) is 24.4 Å². The number of amides is 1. The maximum Gasteiger partial charge on any atom is 0.280 e. The zero-order valence-electron chi connectivity index (χ0n) is 13.1. The second-order valence-corrected chi connectivity index (χ2v) is 5.71. The number of carbonyl (C=O) groups is 1. The van der Waals surface area contributed by atoms with E-state index in [0.717, 1.165) is 12.8 Å². The van der Waals surface area contributed by atoms with Crippen LogP contribution in [0.1, 0.15) is 47.7 Å². The molecule has 0 bridgehead atoms. The zero-order valence-corrected chi connectivity index (χ0v) is 13.9. The molecule has 1 fully saturated rings. The van der Waals surface area contributed by atoms with Crippen LogP contribution in [0.4, 0.5) is 4.39 Å². The number of H-pyrrole nitrogens is 1. The van der Waals surface area contributed by atoms with Crippen LogP contribution in [0.5, 0.6) is 0 Å². The van der Waals surface area contributed by atoms with E-state index in [1.54, 1.807) is 0 Å². The highest BCUT2D eigenvalue weighted by Crippen LogP contribution is 2.36. The number of carbonyl (C=O) groups excluding carboxylic acids is 1. The first kappa shape index (κ1) is 18.1. The molecule has 1 aliphatic carbocycles. The van der Waals surface area contributed by atoms with Gasteiger partial charge in [0.25, 0.3) is 11.5 Å². The van der Waals surface area contributed by atoms with E-state index in [-0.39, 0.29) is 22.2 Å². The van der Waals surface area contributed by atoms with Crippen molar-refractivity contribution in [2.24, 2.45) is 10.2 Å². The summed E-state index contributed by atoms with van der Waals surface area (Å²) < 4.78 is 14.2. The summed E-state index contributed by atoms with van der Waals surface area (Å²) in [5.41, 5.74) is -0.730. The predicted molar refractivity (Wildman–Crippen MR) is 89.5 cm³/mol. The molecule has 8 nitrogen and oxygen atoms in total. The molecular formula is C14H18ClFN6O2. The Morgan fingerprint density at radius 2 is 2.17 bits per heavy atom. The fourth-order valence-electron chi connectivity index (χ4n) is 2.71. The standard InChI is InChI=1S/C14H18ClFN6O2/c1-17-14(22-18-2)19-13(24)11-10(15)9(12(23)21-20-11)7-5-3-4-6-8(7)16/h7-8H,2-6H2,1H3,(H,21,23)(H2,17,19,22,24). The third kappa shape index (κ3) is 3.78. The highest BCUT2D eigenvalue weighted by molar-refractivity contribution is 6.34. The van der Waals surface area contributed by atoms with Crippen molar-refractivity contribution in [3.63, 3.8) is 0 Å². The lowest BCUT2D eigenvalue weighted by Gasteiger charge is -2.26. The number of hydrogen-bond donors (Lipinski definition) is 3. The summed E-state index contributed by atoms with van der Waals surface area (Å²) in [5, 5.41) is 17.6. The Balaban J connectivity index is 2.37. The van der Waals surface area contributed by atoms with Crippen LogP contribution in [-0.4, -0.2) is 42.0 Å². The summed E-state index contributed by atoms with van der Waals surface area (Å²) in [6.07, 6.45) is 1.26. The lowest BCUT2D eigenvalue weighted by molar-refractivity contribution is 0.0969. The smallest absolute Gasteiger partial charge is 0.280 e. The number of nitrogens with one attached hydrogen (secondary N) is 3. The Hall–Kier alpha value is -2.29. The van der Waals surface area contributed by atoms with E-state index in [1.165, 1.54) is 7.05 Å². The minimum absolute atomic E-state index is 0.0293. The van der Waals surface area contributed by atoms with Crippen LogP contribution >= 0.6 is 11.6 Å². The second kappa shape index (κ2) is 8.00. The molecule has 1 amide bonds. The quantitative estimate of drug-likeness (QED) is 0.431. The molecule has 10 heteroatoms. The molecule has 130 valence electrons. The van der Waals surface area contributed by atoms with Gasteiger partial charge in [-0.3, -0.25) is 14.9 Å². The first-order valence-electron chi connectivity index (χ1n) is 7.44. The maximum atomic E-state index is 14.2. The zero-order chi connectivity index (χ0) is 17.7.